The topological polar surface area (TPSA) is 93.0 Å². The molecule has 1 unspecified atom stereocenters. The molecule has 0 bridgehead atoms. The van der Waals surface area contributed by atoms with Gasteiger partial charge in [-0.2, -0.15) is 5.10 Å². The predicted molar refractivity (Wildman–Crippen MR) is 124 cm³/mol. The normalized spacial score (nSPS) is 22.0. The summed E-state index contributed by atoms with van der Waals surface area (Å²) in [4.78, 5) is 19.9. The minimum atomic E-state index is -0.299. The molecule has 33 heavy (non-hydrogen) atoms. The minimum Gasteiger partial charge on any atom is -0.487 e. The van der Waals surface area contributed by atoms with E-state index in [1.54, 1.807) is 29.2 Å². The van der Waals surface area contributed by atoms with Crippen molar-refractivity contribution in [3.63, 3.8) is 0 Å². The Morgan fingerprint density at radius 3 is 2.82 bits per heavy atom. The summed E-state index contributed by atoms with van der Waals surface area (Å²) in [7, 11) is 0. The van der Waals surface area contributed by atoms with Gasteiger partial charge in [-0.3, -0.25) is 4.79 Å². The quantitative estimate of drug-likeness (QED) is 0.633. The summed E-state index contributed by atoms with van der Waals surface area (Å²) >= 11 is 0. The van der Waals surface area contributed by atoms with E-state index in [0.717, 1.165) is 48.9 Å². The minimum absolute atomic E-state index is 0.224. The number of carbonyl (C=O) groups excluding carboxylic acids is 1. The third-order valence-corrected chi connectivity index (χ3v) is 6.99. The Bertz CT molecular complexity index is 1210. The van der Waals surface area contributed by atoms with Crippen molar-refractivity contribution >= 4 is 22.9 Å². The Morgan fingerprint density at radius 2 is 2.06 bits per heavy atom. The lowest BCUT2D eigenvalue weighted by molar-refractivity contribution is 0.0715. The summed E-state index contributed by atoms with van der Waals surface area (Å²) in [5.41, 5.74) is 3.59. The molecule has 0 radical (unpaired) electrons. The molecule has 5 heterocycles. The van der Waals surface area contributed by atoms with E-state index in [-0.39, 0.29) is 17.4 Å². The third-order valence-electron chi connectivity index (χ3n) is 6.99. The number of aromatic nitrogens is 3. The highest BCUT2D eigenvalue weighted by atomic mass is 16.5. The summed E-state index contributed by atoms with van der Waals surface area (Å²) in [6.07, 6.45) is 5.01. The van der Waals surface area contributed by atoms with E-state index >= 15 is 0 Å². The first-order valence-electron chi connectivity index (χ1n) is 11.5. The van der Waals surface area contributed by atoms with Crippen LogP contribution < -0.4 is 20.3 Å². The Labute approximate surface area is 192 Å². The monoisotopic (exact) mass is 448 g/mol. The zero-order valence-corrected chi connectivity index (χ0v) is 18.9. The number of hydrogen-bond donors (Lipinski definition) is 2. The predicted octanol–water partition coefficient (Wildman–Crippen LogP) is 2.29. The average molecular weight is 449 g/mol. The molecule has 3 aliphatic heterocycles. The number of nitrogens with one attached hydrogen (secondary N) is 2. The number of hydrogen-bond acceptors (Lipinski definition) is 7. The second-order valence-electron chi connectivity index (χ2n) is 9.51. The van der Waals surface area contributed by atoms with Gasteiger partial charge in [-0.05, 0) is 45.0 Å². The first-order valence-corrected chi connectivity index (χ1v) is 11.5. The SMILES string of the molecule is CC1(C)Oc2cc(N3CCOCC3)c(NC(=O)c3cnn4cccnc34)cc2C1C1CNC1. The number of anilines is 2. The molecular weight excluding hydrogens is 420 g/mol. The van der Waals surface area contributed by atoms with Crippen LogP contribution in [0.3, 0.4) is 0 Å². The van der Waals surface area contributed by atoms with E-state index < -0.39 is 0 Å². The molecule has 9 nitrogen and oxygen atoms in total. The second-order valence-corrected chi connectivity index (χ2v) is 9.51. The lowest BCUT2D eigenvalue weighted by Crippen LogP contribution is -2.50. The standard InChI is InChI=1S/C24H28N6O3/c1-24(2)21(15-12-25-13-15)16-10-18(19(11-20(16)33-24)29-6-8-32-9-7-29)28-23(31)17-14-27-30-5-3-4-26-22(17)30/h3-5,10-11,14-15,21,25H,6-9,12-13H2,1-2H3,(H,28,31). The van der Waals surface area contributed by atoms with Gasteiger partial charge in [0.05, 0.1) is 30.8 Å². The maximum Gasteiger partial charge on any atom is 0.261 e. The number of nitrogens with zero attached hydrogens (tertiary/aromatic N) is 4. The lowest BCUT2D eigenvalue weighted by Gasteiger charge is -2.38. The fourth-order valence-electron chi connectivity index (χ4n) is 5.35. The van der Waals surface area contributed by atoms with Crippen molar-refractivity contribution in [3.8, 4) is 5.75 Å². The van der Waals surface area contributed by atoms with Gasteiger partial charge < -0.3 is 25.0 Å². The summed E-state index contributed by atoms with van der Waals surface area (Å²) in [5.74, 6) is 1.47. The smallest absolute Gasteiger partial charge is 0.261 e. The number of ether oxygens (including phenoxy) is 2. The molecule has 172 valence electrons. The molecule has 2 saturated heterocycles. The number of morpholine rings is 1. The highest BCUT2D eigenvalue weighted by molar-refractivity contribution is 6.09. The van der Waals surface area contributed by atoms with Crippen LogP contribution in [0.15, 0.2) is 36.8 Å². The molecule has 3 aliphatic rings. The fourth-order valence-corrected chi connectivity index (χ4v) is 5.35. The summed E-state index contributed by atoms with van der Waals surface area (Å²) in [6, 6.07) is 6.00. The molecule has 2 N–H and O–H groups in total. The number of fused-ring (bicyclic) bond motifs is 2. The van der Waals surface area contributed by atoms with Gasteiger partial charge in [0.15, 0.2) is 5.65 Å². The molecule has 6 rings (SSSR count). The van der Waals surface area contributed by atoms with Crippen LogP contribution in [0.25, 0.3) is 5.65 Å². The molecule has 9 heteroatoms. The fraction of sp³-hybridized carbons (Fsp3) is 0.458. The van der Waals surface area contributed by atoms with E-state index in [2.05, 4.69) is 51.6 Å². The highest BCUT2D eigenvalue weighted by Gasteiger charge is 2.47. The van der Waals surface area contributed by atoms with Crippen LogP contribution >= 0.6 is 0 Å². The van der Waals surface area contributed by atoms with Crippen LogP contribution in [0.2, 0.25) is 0 Å². The molecule has 0 spiro atoms. The van der Waals surface area contributed by atoms with Crippen LogP contribution in [0, 0.1) is 5.92 Å². The first-order chi connectivity index (χ1) is 16.0. The third kappa shape index (κ3) is 3.43. The van der Waals surface area contributed by atoms with Crippen LogP contribution in [-0.4, -0.2) is 65.5 Å². The number of rotatable bonds is 4. The van der Waals surface area contributed by atoms with Gasteiger partial charge in [0.25, 0.3) is 5.91 Å². The van der Waals surface area contributed by atoms with E-state index in [9.17, 15) is 4.79 Å². The van der Waals surface area contributed by atoms with Crippen LogP contribution in [0.1, 0.15) is 35.7 Å². The Hall–Kier alpha value is -3.17. The zero-order valence-electron chi connectivity index (χ0n) is 18.9. The van der Waals surface area contributed by atoms with E-state index in [1.807, 2.05) is 0 Å². The van der Waals surface area contributed by atoms with E-state index in [4.69, 9.17) is 9.47 Å². The molecule has 0 saturated carbocycles. The molecule has 1 atom stereocenters. The van der Waals surface area contributed by atoms with Crippen molar-refractivity contribution in [2.24, 2.45) is 5.92 Å². The number of amides is 1. The molecule has 1 aromatic carbocycles. The molecule has 2 aromatic heterocycles. The van der Waals surface area contributed by atoms with Crippen molar-refractivity contribution in [1.29, 1.82) is 0 Å². The van der Waals surface area contributed by atoms with Gasteiger partial charge in [0.1, 0.15) is 16.9 Å². The summed E-state index contributed by atoms with van der Waals surface area (Å²) in [5, 5.41) is 10.8. The Morgan fingerprint density at radius 1 is 1.24 bits per heavy atom. The van der Waals surface area contributed by atoms with E-state index in [0.29, 0.717) is 30.3 Å². The number of carbonyl (C=O) groups is 1. The first kappa shape index (κ1) is 20.4. The van der Waals surface area contributed by atoms with Gasteiger partial charge in [-0.1, -0.05) is 0 Å². The highest BCUT2D eigenvalue weighted by Crippen LogP contribution is 2.52. The average Bonchev–Trinajstić information content (AvgIpc) is 3.31. The van der Waals surface area contributed by atoms with Crippen molar-refractivity contribution in [2.75, 3.05) is 49.6 Å². The zero-order chi connectivity index (χ0) is 22.6. The molecule has 0 aliphatic carbocycles. The van der Waals surface area contributed by atoms with Gasteiger partial charge in [0.2, 0.25) is 0 Å². The van der Waals surface area contributed by atoms with Crippen LogP contribution in [0.4, 0.5) is 11.4 Å². The summed E-state index contributed by atoms with van der Waals surface area (Å²) in [6.45, 7) is 9.13. The van der Waals surface area contributed by atoms with Crippen LogP contribution in [0.5, 0.6) is 5.75 Å². The van der Waals surface area contributed by atoms with Gasteiger partial charge in [-0.15, -0.1) is 0 Å². The van der Waals surface area contributed by atoms with Crippen molar-refractivity contribution in [1.82, 2.24) is 19.9 Å². The molecular formula is C24H28N6O3. The Balaban J connectivity index is 1.41. The van der Waals surface area contributed by atoms with Crippen molar-refractivity contribution in [2.45, 2.75) is 25.4 Å². The van der Waals surface area contributed by atoms with Crippen molar-refractivity contribution < 1.29 is 14.3 Å². The van der Waals surface area contributed by atoms with Gasteiger partial charge >= 0.3 is 0 Å². The van der Waals surface area contributed by atoms with Crippen molar-refractivity contribution in [3.05, 3.63) is 47.9 Å². The number of benzene rings is 1. The Kier molecular flexibility index (Phi) is 4.77. The molecule has 3 aromatic rings. The second kappa shape index (κ2) is 7.71. The molecule has 1 amide bonds. The maximum atomic E-state index is 13.3. The summed E-state index contributed by atoms with van der Waals surface area (Å²) < 4.78 is 13.6. The van der Waals surface area contributed by atoms with E-state index in [1.165, 1.54) is 0 Å². The van der Waals surface area contributed by atoms with Crippen LogP contribution in [-0.2, 0) is 4.74 Å². The molecule has 2 fully saturated rings. The van der Waals surface area contributed by atoms with Gasteiger partial charge in [0, 0.05) is 43.0 Å². The maximum absolute atomic E-state index is 13.3. The van der Waals surface area contributed by atoms with Gasteiger partial charge in [-0.25, -0.2) is 9.50 Å². The lowest BCUT2D eigenvalue weighted by atomic mass is 9.74. The largest absolute Gasteiger partial charge is 0.487 e.